The molecule has 91 heavy (non-hydrogen) atoms. The molecule has 0 radical (unpaired) electrons. The van der Waals surface area contributed by atoms with Gasteiger partial charge >= 0.3 is 0 Å². The Labute approximate surface area is 550 Å². The normalized spacial score (nSPS) is 27.9. The molecule has 0 aromatic carbocycles. The monoisotopic (exact) mass is 1300 g/mol. The number of carbonyl (C=O) groups excluding carboxylic acids is 1. The highest BCUT2D eigenvalue weighted by molar-refractivity contribution is 5.76. The molecule has 0 aromatic rings. The van der Waals surface area contributed by atoms with Crippen molar-refractivity contribution < 1.29 is 89.4 Å². The number of rotatable bonds is 59. The molecule has 3 heterocycles. The Balaban J connectivity index is 1.28. The van der Waals surface area contributed by atoms with Gasteiger partial charge in [-0.1, -0.05) is 296 Å². The van der Waals surface area contributed by atoms with E-state index in [0.717, 1.165) is 44.9 Å². The molecule has 12 N–H and O–H groups in total. The van der Waals surface area contributed by atoms with Crippen LogP contribution in [0.1, 0.15) is 309 Å². The van der Waals surface area contributed by atoms with E-state index in [0.29, 0.717) is 6.42 Å². The van der Waals surface area contributed by atoms with Gasteiger partial charge in [0.15, 0.2) is 18.9 Å². The fourth-order valence-electron chi connectivity index (χ4n) is 13.0. The van der Waals surface area contributed by atoms with Crippen LogP contribution in [0.25, 0.3) is 0 Å². The lowest BCUT2D eigenvalue weighted by molar-refractivity contribution is -0.379. The smallest absolute Gasteiger partial charge is 0.220 e. The standard InChI is InChI=1S/C72H137NO18/c1-3-5-7-9-11-13-15-16-17-18-19-20-21-22-23-24-25-26-27-28-29-30-31-32-33-34-35-36-37-38-39-40-42-44-46-48-50-60(78)73-55(56(77)49-47-45-43-41-14-12-10-8-6-4-2)54-86-70-66(84)63(81)68(58(52-75)88-70)91-72-67(85)64(82)69(59(53-76)89-72)90-71-65(83)62(80)61(79)57(51-74)87-71/h47,49,55-59,61-72,74-77,79-85H,3-46,48,50-54H2,1-2H3,(H,73,78)/b49-47+. The summed E-state index contributed by atoms with van der Waals surface area (Å²) in [6.45, 7) is 1.73. The Bertz CT molecular complexity index is 1700. The predicted molar refractivity (Wildman–Crippen MR) is 356 cm³/mol. The minimum Gasteiger partial charge on any atom is -0.394 e. The number of nitrogens with one attached hydrogen (secondary N) is 1. The van der Waals surface area contributed by atoms with Gasteiger partial charge in [0.25, 0.3) is 0 Å². The van der Waals surface area contributed by atoms with Gasteiger partial charge in [-0.25, -0.2) is 0 Å². The molecule has 538 valence electrons. The van der Waals surface area contributed by atoms with Gasteiger partial charge in [0.2, 0.25) is 5.91 Å². The van der Waals surface area contributed by atoms with Gasteiger partial charge in [-0.05, 0) is 19.3 Å². The number of aliphatic hydroxyl groups is 11. The molecule has 0 bridgehead atoms. The van der Waals surface area contributed by atoms with Crippen LogP contribution >= 0.6 is 0 Å². The average Bonchev–Trinajstić information content (AvgIpc) is 0.933. The van der Waals surface area contributed by atoms with Gasteiger partial charge in [0.05, 0.1) is 38.6 Å². The van der Waals surface area contributed by atoms with E-state index in [1.165, 1.54) is 238 Å². The van der Waals surface area contributed by atoms with Crippen molar-refractivity contribution >= 4 is 5.91 Å². The first-order valence-electron chi connectivity index (χ1n) is 37.4. The molecule has 19 nitrogen and oxygen atoms in total. The third-order valence-electron chi connectivity index (χ3n) is 19.1. The van der Waals surface area contributed by atoms with Crippen LogP contribution < -0.4 is 5.32 Å². The van der Waals surface area contributed by atoms with E-state index in [1.54, 1.807) is 6.08 Å². The zero-order chi connectivity index (χ0) is 66.1. The molecule has 0 aliphatic carbocycles. The molecule has 17 unspecified atom stereocenters. The van der Waals surface area contributed by atoms with E-state index in [2.05, 4.69) is 19.2 Å². The maximum Gasteiger partial charge on any atom is 0.220 e. The van der Waals surface area contributed by atoms with Gasteiger partial charge in [-0.3, -0.25) is 4.79 Å². The van der Waals surface area contributed by atoms with E-state index in [-0.39, 0.29) is 18.9 Å². The SMILES string of the molecule is CCCCCCCCCC/C=C/C(O)C(COC1OC(CO)C(OC2OC(CO)C(OC3OC(CO)C(O)C(O)C3O)C(O)C2O)C(O)C1O)NC(=O)CCCCCCCCCCCCCCCCCCCCCCCCCCCCCCCCCCCCCC. The molecule has 0 saturated carbocycles. The van der Waals surface area contributed by atoms with Gasteiger partial charge in [-0.2, -0.15) is 0 Å². The van der Waals surface area contributed by atoms with Crippen molar-refractivity contribution in [2.24, 2.45) is 0 Å². The van der Waals surface area contributed by atoms with E-state index >= 15 is 0 Å². The minimum atomic E-state index is -1.97. The topological polar surface area (TPSA) is 307 Å². The van der Waals surface area contributed by atoms with Crippen molar-refractivity contribution in [2.45, 2.75) is 413 Å². The summed E-state index contributed by atoms with van der Waals surface area (Å²) < 4.78 is 34.3. The van der Waals surface area contributed by atoms with Gasteiger partial charge in [0, 0.05) is 6.42 Å². The second-order valence-corrected chi connectivity index (χ2v) is 27.1. The fourth-order valence-corrected chi connectivity index (χ4v) is 13.0. The van der Waals surface area contributed by atoms with Crippen molar-refractivity contribution in [2.75, 3.05) is 26.4 Å². The number of aliphatic hydroxyl groups excluding tert-OH is 11. The van der Waals surface area contributed by atoms with Crippen LogP contribution in [0.2, 0.25) is 0 Å². The van der Waals surface area contributed by atoms with E-state index in [1.807, 2.05) is 6.08 Å². The average molecular weight is 1300 g/mol. The lowest BCUT2D eigenvalue weighted by Crippen LogP contribution is -2.66. The van der Waals surface area contributed by atoms with Crippen LogP contribution in [-0.2, 0) is 33.2 Å². The summed E-state index contributed by atoms with van der Waals surface area (Å²) in [4.78, 5) is 13.4. The van der Waals surface area contributed by atoms with E-state index in [4.69, 9.17) is 28.4 Å². The van der Waals surface area contributed by atoms with Crippen molar-refractivity contribution in [3.05, 3.63) is 12.2 Å². The Hall–Kier alpha value is -1.47. The summed E-state index contributed by atoms with van der Waals surface area (Å²) in [5, 5.41) is 120. The summed E-state index contributed by atoms with van der Waals surface area (Å²) >= 11 is 0. The number of carbonyl (C=O) groups is 1. The summed E-state index contributed by atoms with van der Waals surface area (Å²) in [5.41, 5.74) is 0. The molecule has 3 aliphatic rings. The summed E-state index contributed by atoms with van der Waals surface area (Å²) in [6.07, 6.45) is 35.4. The summed E-state index contributed by atoms with van der Waals surface area (Å²) in [7, 11) is 0. The van der Waals surface area contributed by atoms with Crippen LogP contribution in [0.4, 0.5) is 0 Å². The second kappa shape index (κ2) is 54.5. The van der Waals surface area contributed by atoms with Gasteiger partial charge in [0.1, 0.15) is 73.2 Å². The Kier molecular flexibility index (Phi) is 50.2. The van der Waals surface area contributed by atoms with Crippen molar-refractivity contribution in [3.8, 4) is 0 Å². The molecular formula is C72H137NO18. The van der Waals surface area contributed by atoms with Gasteiger partial charge < -0.3 is 89.9 Å². The molecule has 0 spiro atoms. The van der Waals surface area contributed by atoms with E-state index in [9.17, 15) is 61.0 Å². The van der Waals surface area contributed by atoms with Crippen molar-refractivity contribution in [3.63, 3.8) is 0 Å². The number of hydrogen-bond donors (Lipinski definition) is 12. The molecule has 3 saturated heterocycles. The first kappa shape index (κ1) is 83.8. The molecule has 3 rings (SSSR count). The third-order valence-corrected chi connectivity index (χ3v) is 19.1. The number of hydrogen-bond acceptors (Lipinski definition) is 18. The van der Waals surface area contributed by atoms with E-state index < -0.39 is 124 Å². The molecule has 17 atom stereocenters. The predicted octanol–water partition coefficient (Wildman–Crippen LogP) is 10.8. The Morgan fingerprint density at radius 1 is 0.385 bits per heavy atom. The van der Waals surface area contributed by atoms with Crippen LogP contribution in [0.5, 0.6) is 0 Å². The largest absolute Gasteiger partial charge is 0.394 e. The summed E-state index contributed by atoms with van der Waals surface area (Å²) in [6, 6.07) is -0.967. The third kappa shape index (κ3) is 36.1. The number of allylic oxidation sites excluding steroid dienone is 1. The highest BCUT2D eigenvalue weighted by Crippen LogP contribution is 2.33. The lowest BCUT2D eigenvalue weighted by Gasteiger charge is -2.48. The molecule has 19 heteroatoms. The van der Waals surface area contributed by atoms with Crippen LogP contribution in [0.15, 0.2) is 12.2 Å². The highest BCUT2D eigenvalue weighted by Gasteiger charge is 2.53. The van der Waals surface area contributed by atoms with Crippen LogP contribution in [0, 0.1) is 0 Å². The molecule has 1 amide bonds. The zero-order valence-electron chi connectivity index (χ0n) is 57.1. The fraction of sp³-hybridized carbons (Fsp3) is 0.958. The zero-order valence-corrected chi connectivity index (χ0v) is 57.1. The maximum absolute atomic E-state index is 13.4. The lowest BCUT2D eigenvalue weighted by atomic mass is 9.96. The highest BCUT2D eigenvalue weighted by atomic mass is 16.8. The van der Waals surface area contributed by atoms with Crippen molar-refractivity contribution in [1.82, 2.24) is 5.32 Å². The molecular weight excluding hydrogens is 1170 g/mol. The molecule has 0 aromatic heterocycles. The quantitative estimate of drug-likeness (QED) is 0.0199. The number of unbranched alkanes of at least 4 members (excludes halogenated alkanes) is 43. The minimum absolute atomic E-state index is 0.249. The maximum atomic E-state index is 13.4. The first-order valence-corrected chi connectivity index (χ1v) is 37.4. The first-order chi connectivity index (χ1) is 44.3. The van der Waals surface area contributed by atoms with Crippen molar-refractivity contribution in [1.29, 1.82) is 0 Å². The molecule has 3 fully saturated rings. The second-order valence-electron chi connectivity index (χ2n) is 27.1. The molecule has 3 aliphatic heterocycles. The number of ether oxygens (including phenoxy) is 6. The van der Waals surface area contributed by atoms with Crippen LogP contribution in [-0.4, -0.2) is 193 Å². The Morgan fingerprint density at radius 2 is 0.681 bits per heavy atom. The summed E-state index contributed by atoms with van der Waals surface area (Å²) in [5.74, 6) is -0.271. The van der Waals surface area contributed by atoms with Gasteiger partial charge in [-0.15, -0.1) is 0 Å². The number of amides is 1. The van der Waals surface area contributed by atoms with Crippen LogP contribution in [0.3, 0.4) is 0 Å². The Morgan fingerprint density at radius 3 is 1.03 bits per heavy atom.